The van der Waals surface area contributed by atoms with Crippen LogP contribution < -0.4 is 5.32 Å². The summed E-state index contributed by atoms with van der Waals surface area (Å²) in [7, 11) is 0. The van der Waals surface area contributed by atoms with E-state index in [9.17, 15) is 4.79 Å². The molecule has 18 heavy (non-hydrogen) atoms. The van der Waals surface area contributed by atoms with Crippen molar-refractivity contribution in [3.05, 3.63) is 60.1 Å². The van der Waals surface area contributed by atoms with Gasteiger partial charge in [0.05, 0.1) is 11.1 Å². The van der Waals surface area contributed by atoms with E-state index in [2.05, 4.69) is 21.2 Å². The van der Waals surface area contributed by atoms with Gasteiger partial charge in [-0.3, -0.25) is 4.79 Å². The van der Waals surface area contributed by atoms with Crippen molar-refractivity contribution in [1.82, 2.24) is 5.32 Å². The lowest BCUT2D eigenvalue weighted by molar-refractivity contribution is -0.120. The molecule has 0 saturated carbocycles. The molecule has 0 fully saturated rings. The maximum atomic E-state index is 11.8. The summed E-state index contributed by atoms with van der Waals surface area (Å²) in [5.41, 5.74) is 0.994. The first-order valence-electron chi connectivity index (χ1n) is 5.71. The van der Waals surface area contributed by atoms with Crippen LogP contribution in [-0.2, 0) is 4.79 Å². The number of carbonyl (C=O) groups is 1. The molecule has 2 rings (SSSR count). The van der Waals surface area contributed by atoms with Crippen molar-refractivity contribution in [3.8, 4) is 0 Å². The topological polar surface area (TPSA) is 42.2 Å². The van der Waals surface area contributed by atoms with E-state index in [0.29, 0.717) is 0 Å². The Labute approximate surface area is 114 Å². The minimum absolute atomic E-state index is 0.0692. The number of benzene rings is 1. The fraction of sp³-hybridized carbons (Fsp3) is 0.214. The Morgan fingerprint density at radius 3 is 2.50 bits per heavy atom. The van der Waals surface area contributed by atoms with Gasteiger partial charge in [-0.1, -0.05) is 46.3 Å². The quantitative estimate of drug-likeness (QED) is 0.881. The molecular formula is C14H14BrNO2. The average Bonchev–Trinajstić information content (AvgIpc) is 2.90. The van der Waals surface area contributed by atoms with Crippen molar-refractivity contribution in [2.75, 3.05) is 0 Å². The van der Waals surface area contributed by atoms with Gasteiger partial charge in [0.2, 0.25) is 5.91 Å². The van der Waals surface area contributed by atoms with Crippen LogP contribution >= 0.6 is 15.9 Å². The highest BCUT2D eigenvalue weighted by molar-refractivity contribution is 9.10. The van der Waals surface area contributed by atoms with Gasteiger partial charge in [-0.25, -0.2) is 0 Å². The van der Waals surface area contributed by atoms with Crippen LogP contribution in [0.3, 0.4) is 0 Å². The molecule has 0 aliphatic heterocycles. The summed E-state index contributed by atoms with van der Waals surface area (Å²) >= 11 is 3.26. The van der Waals surface area contributed by atoms with Gasteiger partial charge in [-0.05, 0) is 24.6 Å². The first-order chi connectivity index (χ1) is 8.68. The summed E-state index contributed by atoms with van der Waals surface area (Å²) in [6.07, 6.45) is 1.61. The highest BCUT2D eigenvalue weighted by Crippen LogP contribution is 2.22. The first kappa shape index (κ1) is 12.9. The van der Waals surface area contributed by atoms with Crippen LogP contribution in [0.5, 0.6) is 0 Å². The molecule has 2 unspecified atom stereocenters. The lowest BCUT2D eigenvalue weighted by atomic mass is 10.0. The van der Waals surface area contributed by atoms with Crippen molar-refractivity contribution in [2.45, 2.75) is 17.8 Å². The Morgan fingerprint density at radius 1 is 1.22 bits per heavy atom. The second kappa shape index (κ2) is 5.87. The standard InChI is InChI=1S/C14H14BrNO2/c1-10(15)14(17)16-13(12-8-5-9-18-12)11-6-3-2-4-7-11/h2-10,13H,1H3,(H,16,17). The Morgan fingerprint density at radius 2 is 1.94 bits per heavy atom. The Bertz CT molecular complexity index is 494. The van der Waals surface area contributed by atoms with Crippen LogP contribution in [-0.4, -0.2) is 10.7 Å². The van der Waals surface area contributed by atoms with E-state index in [-0.39, 0.29) is 16.8 Å². The summed E-state index contributed by atoms with van der Waals surface area (Å²) in [5.74, 6) is 0.656. The number of hydrogen-bond donors (Lipinski definition) is 1. The molecule has 1 heterocycles. The monoisotopic (exact) mass is 307 g/mol. The van der Waals surface area contributed by atoms with Gasteiger partial charge in [-0.2, -0.15) is 0 Å². The van der Waals surface area contributed by atoms with Gasteiger partial charge in [0, 0.05) is 0 Å². The fourth-order valence-corrected chi connectivity index (χ4v) is 1.81. The Balaban J connectivity index is 2.27. The average molecular weight is 308 g/mol. The number of carbonyl (C=O) groups excluding carboxylic acids is 1. The first-order valence-corrected chi connectivity index (χ1v) is 6.63. The van der Waals surface area contributed by atoms with Gasteiger partial charge >= 0.3 is 0 Å². The summed E-state index contributed by atoms with van der Waals surface area (Å²) in [6, 6.07) is 13.2. The van der Waals surface area contributed by atoms with Crippen molar-refractivity contribution in [1.29, 1.82) is 0 Å². The molecule has 2 atom stereocenters. The van der Waals surface area contributed by atoms with Crippen molar-refractivity contribution < 1.29 is 9.21 Å². The summed E-state index contributed by atoms with van der Waals surface area (Å²) < 4.78 is 5.40. The molecule has 0 bridgehead atoms. The lowest BCUT2D eigenvalue weighted by Gasteiger charge is -2.18. The molecule has 0 saturated heterocycles. The maximum absolute atomic E-state index is 11.8. The molecule has 2 aromatic rings. The lowest BCUT2D eigenvalue weighted by Crippen LogP contribution is -2.33. The van der Waals surface area contributed by atoms with E-state index in [1.54, 1.807) is 13.2 Å². The zero-order valence-corrected chi connectivity index (χ0v) is 11.6. The minimum Gasteiger partial charge on any atom is -0.467 e. The summed E-state index contributed by atoms with van der Waals surface area (Å²) in [6.45, 7) is 1.79. The van der Waals surface area contributed by atoms with Crippen LogP contribution in [0.4, 0.5) is 0 Å². The third-order valence-electron chi connectivity index (χ3n) is 2.61. The molecule has 0 aliphatic carbocycles. The normalized spacial score (nSPS) is 13.9. The van der Waals surface area contributed by atoms with E-state index < -0.39 is 0 Å². The Kier molecular flexibility index (Phi) is 4.20. The number of alkyl halides is 1. The van der Waals surface area contributed by atoms with Gasteiger partial charge < -0.3 is 9.73 Å². The van der Waals surface area contributed by atoms with Gasteiger partial charge in [-0.15, -0.1) is 0 Å². The zero-order chi connectivity index (χ0) is 13.0. The summed E-state index contributed by atoms with van der Waals surface area (Å²) in [4.78, 5) is 11.6. The number of furan rings is 1. The molecule has 1 amide bonds. The molecule has 3 nitrogen and oxygen atoms in total. The van der Waals surface area contributed by atoms with Crippen molar-refractivity contribution in [3.63, 3.8) is 0 Å². The van der Waals surface area contributed by atoms with Crippen LogP contribution in [0.1, 0.15) is 24.3 Å². The number of halogens is 1. The van der Waals surface area contributed by atoms with E-state index in [1.165, 1.54) is 0 Å². The fourth-order valence-electron chi connectivity index (χ4n) is 1.68. The van der Waals surface area contributed by atoms with E-state index >= 15 is 0 Å². The third kappa shape index (κ3) is 3.01. The van der Waals surface area contributed by atoms with Crippen LogP contribution in [0, 0.1) is 0 Å². The predicted octanol–water partition coefficient (Wildman–Crippen LogP) is 3.27. The second-order valence-corrected chi connectivity index (χ2v) is 5.36. The molecule has 94 valence electrons. The largest absolute Gasteiger partial charge is 0.467 e. The van der Waals surface area contributed by atoms with Crippen LogP contribution in [0.25, 0.3) is 0 Å². The molecule has 1 aromatic carbocycles. The number of amides is 1. The smallest absolute Gasteiger partial charge is 0.234 e. The molecule has 0 radical (unpaired) electrons. The van der Waals surface area contributed by atoms with Gasteiger partial charge in [0.15, 0.2) is 0 Å². The number of hydrogen-bond acceptors (Lipinski definition) is 2. The predicted molar refractivity (Wildman–Crippen MR) is 73.5 cm³/mol. The second-order valence-electron chi connectivity index (χ2n) is 3.98. The van der Waals surface area contributed by atoms with Crippen molar-refractivity contribution >= 4 is 21.8 Å². The molecular weight excluding hydrogens is 294 g/mol. The van der Waals surface area contributed by atoms with Crippen LogP contribution in [0.15, 0.2) is 53.1 Å². The number of nitrogens with one attached hydrogen (secondary N) is 1. The van der Waals surface area contributed by atoms with E-state index in [1.807, 2.05) is 42.5 Å². The van der Waals surface area contributed by atoms with Crippen LogP contribution in [0.2, 0.25) is 0 Å². The maximum Gasteiger partial charge on any atom is 0.234 e. The highest BCUT2D eigenvalue weighted by atomic mass is 79.9. The molecule has 1 aromatic heterocycles. The minimum atomic E-state index is -0.256. The van der Waals surface area contributed by atoms with Gasteiger partial charge in [0.25, 0.3) is 0 Å². The summed E-state index contributed by atoms with van der Waals surface area (Å²) in [5, 5.41) is 2.96. The van der Waals surface area contributed by atoms with E-state index in [0.717, 1.165) is 11.3 Å². The number of rotatable bonds is 4. The highest BCUT2D eigenvalue weighted by Gasteiger charge is 2.20. The molecule has 0 aliphatic rings. The SMILES string of the molecule is CC(Br)C(=O)NC(c1ccccc1)c1ccco1. The third-order valence-corrected chi connectivity index (χ3v) is 3.02. The molecule has 4 heteroatoms. The van der Waals surface area contributed by atoms with Gasteiger partial charge in [0.1, 0.15) is 11.8 Å². The van der Waals surface area contributed by atoms with Crippen molar-refractivity contribution in [2.24, 2.45) is 0 Å². The van der Waals surface area contributed by atoms with E-state index in [4.69, 9.17) is 4.42 Å². The Hall–Kier alpha value is -1.55. The zero-order valence-electron chi connectivity index (χ0n) is 9.97. The molecule has 1 N–H and O–H groups in total. The molecule has 0 spiro atoms.